The van der Waals surface area contributed by atoms with Gasteiger partial charge in [-0.05, 0) is 36.4 Å². The van der Waals surface area contributed by atoms with Gasteiger partial charge in [-0.3, -0.25) is 4.79 Å². The monoisotopic (exact) mass is 376 g/mol. The van der Waals surface area contributed by atoms with Crippen LogP contribution in [0, 0.1) is 0 Å². The summed E-state index contributed by atoms with van der Waals surface area (Å²) in [6.07, 6.45) is 0. The van der Waals surface area contributed by atoms with Crippen molar-refractivity contribution in [2.45, 2.75) is 0 Å². The Kier molecular flexibility index (Phi) is 5.85. The zero-order chi connectivity index (χ0) is 18.5. The molecule has 0 spiro atoms. The van der Waals surface area contributed by atoms with E-state index in [-0.39, 0.29) is 5.91 Å². The van der Waals surface area contributed by atoms with Crippen molar-refractivity contribution in [3.8, 4) is 11.5 Å². The number of amides is 1. The Morgan fingerprint density at radius 3 is 2.50 bits per heavy atom. The summed E-state index contributed by atoms with van der Waals surface area (Å²) in [5.41, 5.74) is 2.06. The molecule has 1 aliphatic rings. The van der Waals surface area contributed by atoms with Crippen LogP contribution in [-0.2, 0) is 4.74 Å². The fraction of sp³-hybridized carbons (Fsp3) is 0.316. The number of rotatable bonds is 5. The van der Waals surface area contributed by atoms with Crippen molar-refractivity contribution in [2.75, 3.05) is 50.7 Å². The minimum absolute atomic E-state index is 0.247. The van der Waals surface area contributed by atoms with E-state index in [1.54, 1.807) is 31.4 Å². The number of hydrogen-bond donors (Lipinski definition) is 1. The number of halogens is 1. The van der Waals surface area contributed by atoms with Crippen LogP contribution in [0.4, 0.5) is 11.4 Å². The molecule has 2 aromatic carbocycles. The van der Waals surface area contributed by atoms with E-state index in [1.165, 1.54) is 7.11 Å². The minimum atomic E-state index is -0.247. The Hall–Kier alpha value is -2.44. The molecule has 3 rings (SSSR count). The van der Waals surface area contributed by atoms with Gasteiger partial charge in [0, 0.05) is 23.7 Å². The van der Waals surface area contributed by atoms with Crippen molar-refractivity contribution in [2.24, 2.45) is 0 Å². The molecule has 1 aliphatic heterocycles. The van der Waals surface area contributed by atoms with Gasteiger partial charge in [0.2, 0.25) is 0 Å². The normalized spacial score (nSPS) is 14.0. The SMILES string of the molecule is COc1ccc(C(=O)Nc2cc(Cl)ccc2N2CCOCC2)cc1OC. The Labute approximate surface area is 157 Å². The predicted molar refractivity (Wildman–Crippen MR) is 102 cm³/mol. The topological polar surface area (TPSA) is 60.0 Å². The summed E-state index contributed by atoms with van der Waals surface area (Å²) in [5, 5.41) is 3.51. The lowest BCUT2D eigenvalue weighted by Gasteiger charge is -2.30. The van der Waals surface area contributed by atoms with Crippen LogP contribution in [-0.4, -0.2) is 46.4 Å². The van der Waals surface area contributed by atoms with Crippen molar-refractivity contribution >= 4 is 28.9 Å². The summed E-state index contributed by atoms with van der Waals surface area (Å²) in [7, 11) is 3.09. The van der Waals surface area contributed by atoms with Crippen LogP contribution in [0.1, 0.15) is 10.4 Å². The van der Waals surface area contributed by atoms with Gasteiger partial charge in [0.25, 0.3) is 5.91 Å². The number of anilines is 2. The summed E-state index contributed by atoms with van der Waals surface area (Å²) in [5.74, 6) is 0.822. The maximum absolute atomic E-state index is 12.7. The van der Waals surface area contributed by atoms with E-state index in [1.807, 2.05) is 12.1 Å². The summed E-state index contributed by atoms with van der Waals surface area (Å²) >= 11 is 6.14. The highest BCUT2D eigenvalue weighted by Crippen LogP contribution is 2.31. The zero-order valence-electron chi connectivity index (χ0n) is 14.8. The van der Waals surface area contributed by atoms with Crippen molar-refractivity contribution in [1.82, 2.24) is 0 Å². The van der Waals surface area contributed by atoms with Gasteiger partial charge in [-0.15, -0.1) is 0 Å². The van der Waals surface area contributed by atoms with Gasteiger partial charge in [0.05, 0.1) is 38.8 Å². The summed E-state index contributed by atoms with van der Waals surface area (Å²) < 4.78 is 15.9. The average Bonchev–Trinajstić information content (AvgIpc) is 2.68. The molecule has 1 amide bonds. The molecule has 7 heteroatoms. The zero-order valence-corrected chi connectivity index (χ0v) is 15.5. The molecule has 26 heavy (non-hydrogen) atoms. The molecule has 1 saturated heterocycles. The highest BCUT2D eigenvalue weighted by atomic mass is 35.5. The van der Waals surface area contributed by atoms with E-state index >= 15 is 0 Å². The van der Waals surface area contributed by atoms with Gasteiger partial charge in [-0.1, -0.05) is 11.6 Å². The van der Waals surface area contributed by atoms with Crippen molar-refractivity contribution < 1.29 is 19.0 Å². The molecule has 138 valence electrons. The molecule has 0 unspecified atom stereocenters. The van der Waals surface area contributed by atoms with Crippen molar-refractivity contribution in [3.05, 3.63) is 47.0 Å². The second-order valence-corrected chi connectivity index (χ2v) is 6.22. The molecule has 1 N–H and O–H groups in total. The molecular weight excluding hydrogens is 356 g/mol. The molecule has 0 bridgehead atoms. The highest BCUT2D eigenvalue weighted by Gasteiger charge is 2.18. The molecule has 0 atom stereocenters. The van der Waals surface area contributed by atoms with Crippen molar-refractivity contribution in [3.63, 3.8) is 0 Å². The van der Waals surface area contributed by atoms with E-state index < -0.39 is 0 Å². The first-order valence-corrected chi connectivity index (χ1v) is 8.66. The lowest BCUT2D eigenvalue weighted by atomic mass is 10.1. The Bertz CT molecular complexity index is 791. The van der Waals surface area contributed by atoms with E-state index in [4.69, 9.17) is 25.8 Å². The Balaban J connectivity index is 1.86. The Morgan fingerprint density at radius 2 is 1.81 bits per heavy atom. The van der Waals surface area contributed by atoms with E-state index in [9.17, 15) is 4.79 Å². The smallest absolute Gasteiger partial charge is 0.255 e. The van der Waals surface area contributed by atoms with Gasteiger partial charge >= 0.3 is 0 Å². The van der Waals surface area contributed by atoms with Crippen molar-refractivity contribution in [1.29, 1.82) is 0 Å². The first kappa shape index (κ1) is 18.4. The number of nitrogens with zero attached hydrogens (tertiary/aromatic N) is 1. The summed E-state index contributed by atoms with van der Waals surface area (Å²) in [6, 6.07) is 10.5. The standard InChI is InChI=1S/C19H21ClN2O4/c1-24-17-6-3-13(11-18(17)25-2)19(23)21-15-12-14(20)4-5-16(15)22-7-9-26-10-8-22/h3-6,11-12H,7-10H2,1-2H3,(H,21,23). The first-order valence-electron chi connectivity index (χ1n) is 8.28. The highest BCUT2D eigenvalue weighted by molar-refractivity contribution is 6.31. The fourth-order valence-corrected chi connectivity index (χ4v) is 3.03. The fourth-order valence-electron chi connectivity index (χ4n) is 2.86. The summed E-state index contributed by atoms with van der Waals surface area (Å²) in [6.45, 7) is 2.85. The van der Waals surface area contributed by atoms with Gasteiger partial charge in [0.1, 0.15) is 0 Å². The van der Waals surface area contributed by atoms with Gasteiger partial charge < -0.3 is 24.4 Å². The molecule has 2 aromatic rings. The number of carbonyl (C=O) groups excluding carboxylic acids is 1. The third-order valence-corrected chi connectivity index (χ3v) is 4.44. The number of benzene rings is 2. The van der Waals surface area contributed by atoms with Gasteiger partial charge in [0.15, 0.2) is 11.5 Å². The molecule has 0 aromatic heterocycles. The third kappa shape index (κ3) is 4.03. The maximum atomic E-state index is 12.7. The molecular formula is C19H21ClN2O4. The van der Waals surface area contributed by atoms with Crippen LogP contribution in [0.5, 0.6) is 11.5 Å². The predicted octanol–water partition coefficient (Wildman–Crippen LogP) is 3.45. The molecule has 0 aliphatic carbocycles. The van der Waals surface area contributed by atoms with Crippen LogP contribution in [0.3, 0.4) is 0 Å². The average molecular weight is 377 g/mol. The maximum Gasteiger partial charge on any atom is 0.255 e. The minimum Gasteiger partial charge on any atom is -0.493 e. The first-order chi connectivity index (χ1) is 12.6. The lowest BCUT2D eigenvalue weighted by molar-refractivity contribution is 0.102. The van der Waals surface area contributed by atoms with E-state index in [0.29, 0.717) is 41.0 Å². The number of methoxy groups -OCH3 is 2. The van der Waals surface area contributed by atoms with E-state index in [2.05, 4.69) is 10.2 Å². The van der Waals surface area contributed by atoms with Crippen LogP contribution >= 0.6 is 11.6 Å². The van der Waals surface area contributed by atoms with Crippen LogP contribution in [0.15, 0.2) is 36.4 Å². The lowest BCUT2D eigenvalue weighted by Crippen LogP contribution is -2.36. The number of carbonyl (C=O) groups is 1. The van der Waals surface area contributed by atoms with Crippen LogP contribution in [0.2, 0.25) is 5.02 Å². The number of morpholine rings is 1. The molecule has 1 fully saturated rings. The van der Waals surface area contributed by atoms with Gasteiger partial charge in [-0.2, -0.15) is 0 Å². The second-order valence-electron chi connectivity index (χ2n) is 5.78. The largest absolute Gasteiger partial charge is 0.493 e. The third-order valence-electron chi connectivity index (χ3n) is 4.20. The van der Waals surface area contributed by atoms with Gasteiger partial charge in [-0.25, -0.2) is 0 Å². The number of nitrogens with one attached hydrogen (secondary N) is 1. The van der Waals surface area contributed by atoms with Crippen LogP contribution < -0.4 is 19.7 Å². The number of hydrogen-bond acceptors (Lipinski definition) is 5. The second kappa shape index (κ2) is 8.29. The number of ether oxygens (including phenoxy) is 3. The molecule has 0 saturated carbocycles. The molecule has 0 radical (unpaired) electrons. The summed E-state index contributed by atoms with van der Waals surface area (Å²) in [4.78, 5) is 14.9. The van der Waals surface area contributed by atoms with E-state index in [0.717, 1.165) is 18.8 Å². The molecule has 1 heterocycles. The quantitative estimate of drug-likeness (QED) is 0.866. The molecule has 6 nitrogen and oxygen atoms in total. The Morgan fingerprint density at radius 1 is 1.08 bits per heavy atom. The van der Waals surface area contributed by atoms with Crippen LogP contribution in [0.25, 0.3) is 0 Å².